The van der Waals surface area contributed by atoms with E-state index in [4.69, 9.17) is 11.0 Å². The summed E-state index contributed by atoms with van der Waals surface area (Å²) < 4.78 is 0. The molecule has 0 fully saturated rings. The fraction of sp³-hybridized carbons (Fsp3) is 0.875. The van der Waals surface area contributed by atoms with E-state index in [0.717, 1.165) is 18.7 Å². The molecule has 0 aliphatic heterocycles. The van der Waals surface area contributed by atoms with Crippen LogP contribution in [0.25, 0.3) is 0 Å². The first kappa shape index (κ1) is 10.8. The van der Waals surface area contributed by atoms with E-state index < -0.39 is 0 Å². The maximum Gasteiger partial charge on any atom is 0.0914 e. The summed E-state index contributed by atoms with van der Waals surface area (Å²) in [7, 11) is 0. The molecule has 0 saturated carbocycles. The molecule has 11 heavy (non-hydrogen) atoms. The molecule has 0 aliphatic carbocycles. The average Bonchev–Trinajstić information content (AvgIpc) is 2.06. The summed E-state index contributed by atoms with van der Waals surface area (Å²) in [4.78, 5) is 0. The van der Waals surface area contributed by atoms with Crippen LogP contribution in [-0.2, 0) is 0 Å². The summed E-state index contributed by atoms with van der Waals surface area (Å²) in [5.41, 5.74) is 5.44. The van der Waals surface area contributed by atoms with E-state index >= 15 is 0 Å². The van der Waals surface area contributed by atoms with Gasteiger partial charge in [0.1, 0.15) is 0 Å². The number of nitrogens with two attached hydrogens (primary N) is 1. The summed E-state index contributed by atoms with van der Waals surface area (Å²) in [5, 5.41) is 8.77. The van der Waals surface area contributed by atoms with Crippen molar-refractivity contribution in [2.75, 3.05) is 12.3 Å². The molecule has 0 radical (unpaired) electrons. The summed E-state index contributed by atoms with van der Waals surface area (Å²) in [6.07, 6.45) is 0.929. The Morgan fingerprint density at radius 3 is 2.64 bits per heavy atom. The van der Waals surface area contributed by atoms with Crippen LogP contribution in [0.4, 0.5) is 0 Å². The summed E-state index contributed by atoms with van der Waals surface area (Å²) in [6.45, 7) is 4.86. The highest BCUT2D eigenvalue weighted by molar-refractivity contribution is 8.00. The Morgan fingerprint density at radius 1 is 1.64 bits per heavy atom. The van der Waals surface area contributed by atoms with Crippen LogP contribution in [0.5, 0.6) is 0 Å². The summed E-state index contributed by atoms with van der Waals surface area (Å²) >= 11 is 1.71. The number of rotatable bonds is 5. The van der Waals surface area contributed by atoms with Gasteiger partial charge in [0.05, 0.1) is 11.3 Å². The maximum absolute atomic E-state index is 8.61. The topological polar surface area (TPSA) is 49.8 Å². The van der Waals surface area contributed by atoms with E-state index in [2.05, 4.69) is 13.0 Å². The van der Waals surface area contributed by atoms with E-state index in [9.17, 15) is 0 Å². The van der Waals surface area contributed by atoms with Gasteiger partial charge in [-0.1, -0.05) is 13.8 Å². The number of hydrogen-bond donors (Lipinski definition) is 1. The van der Waals surface area contributed by atoms with Crippen molar-refractivity contribution in [3.8, 4) is 6.07 Å². The van der Waals surface area contributed by atoms with Crippen molar-refractivity contribution in [3.63, 3.8) is 0 Å². The lowest BCUT2D eigenvalue weighted by Gasteiger charge is -2.09. The van der Waals surface area contributed by atoms with Gasteiger partial charge < -0.3 is 5.73 Å². The smallest absolute Gasteiger partial charge is 0.0914 e. The van der Waals surface area contributed by atoms with Crippen LogP contribution in [0, 0.1) is 17.2 Å². The van der Waals surface area contributed by atoms with Crippen molar-refractivity contribution in [1.82, 2.24) is 0 Å². The molecule has 3 heteroatoms. The molecule has 0 aromatic rings. The molecule has 0 saturated heterocycles. The normalized spacial score (nSPS) is 15.5. The highest BCUT2D eigenvalue weighted by atomic mass is 32.2. The fourth-order valence-corrected chi connectivity index (χ4v) is 1.60. The van der Waals surface area contributed by atoms with Crippen molar-refractivity contribution in [3.05, 3.63) is 0 Å². The first-order valence-corrected chi connectivity index (χ1v) is 5.00. The standard InChI is InChI=1S/C8H16N2S/c1-3-8(5-10)11-6-7(2)4-9/h7-8H,3-4,6,9H2,1-2H3. The minimum atomic E-state index is 0.156. The Morgan fingerprint density at radius 2 is 2.27 bits per heavy atom. The quantitative estimate of drug-likeness (QED) is 0.685. The van der Waals surface area contributed by atoms with Crippen LogP contribution < -0.4 is 5.73 Å². The van der Waals surface area contributed by atoms with Gasteiger partial charge >= 0.3 is 0 Å². The van der Waals surface area contributed by atoms with Crippen LogP contribution >= 0.6 is 11.8 Å². The van der Waals surface area contributed by atoms with Gasteiger partial charge in [-0.25, -0.2) is 0 Å². The second-order valence-electron chi connectivity index (χ2n) is 2.70. The second-order valence-corrected chi connectivity index (χ2v) is 3.94. The van der Waals surface area contributed by atoms with Gasteiger partial charge in [0.25, 0.3) is 0 Å². The van der Waals surface area contributed by atoms with Crippen LogP contribution in [0.3, 0.4) is 0 Å². The van der Waals surface area contributed by atoms with E-state index in [1.807, 2.05) is 6.92 Å². The number of nitrogens with zero attached hydrogens (tertiary/aromatic N) is 1. The Bertz CT molecular complexity index is 131. The van der Waals surface area contributed by atoms with Crippen LogP contribution in [-0.4, -0.2) is 17.5 Å². The summed E-state index contributed by atoms with van der Waals surface area (Å²) in [6, 6.07) is 2.25. The monoisotopic (exact) mass is 172 g/mol. The van der Waals surface area contributed by atoms with Gasteiger partial charge in [-0.3, -0.25) is 0 Å². The van der Waals surface area contributed by atoms with E-state index in [1.54, 1.807) is 11.8 Å². The van der Waals surface area contributed by atoms with E-state index in [-0.39, 0.29) is 5.25 Å². The third-order valence-corrected chi connectivity index (χ3v) is 3.10. The predicted molar refractivity (Wildman–Crippen MR) is 50.4 cm³/mol. The third kappa shape index (κ3) is 5.11. The first-order valence-electron chi connectivity index (χ1n) is 3.95. The average molecular weight is 172 g/mol. The molecule has 0 amide bonds. The molecular weight excluding hydrogens is 156 g/mol. The van der Waals surface area contributed by atoms with Crippen LogP contribution in [0.2, 0.25) is 0 Å². The molecule has 64 valence electrons. The van der Waals surface area contributed by atoms with E-state index in [1.165, 1.54) is 0 Å². The minimum Gasteiger partial charge on any atom is -0.330 e. The van der Waals surface area contributed by atoms with Crippen molar-refractivity contribution >= 4 is 11.8 Å². The van der Waals surface area contributed by atoms with Crippen LogP contribution in [0.1, 0.15) is 20.3 Å². The molecule has 0 bridgehead atoms. The fourth-order valence-electron chi connectivity index (χ4n) is 0.595. The molecule has 0 spiro atoms. The second kappa shape index (κ2) is 6.51. The summed E-state index contributed by atoms with van der Waals surface area (Å²) in [5.74, 6) is 1.53. The minimum absolute atomic E-state index is 0.156. The molecule has 0 aromatic carbocycles. The maximum atomic E-state index is 8.61. The molecule has 2 unspecified atom stereocenters. The molecule has 2 atom stereocenters. The van der Waals surface area contributed by atoms with Crippen molar-refractivity contribution in [1.29, 1.82) is 5.26 Å². The lowest BCUT2D eigenvalue weighted by atomic mass is 10.2. The highest BCUT2D eigenvalue weighted by Gasteiger charge is 2.06. The zero-order valence-corrected chi connectivity index (χ0v) is 8.03. The molecule has 2 nitrogen and oxygen atoms in total. The van der Waals surface area contributed by atoms with Gasteiger partial charge in [0.2, 0.25) is 0 Å². The molecule has 0 heterocycles. The molecule has 2 N–H and O–H groups in total. The lowest BCUT2D eigenvalue weighted by molar-refractivity contribution is 0.674. The van der Waals surface area contributed by atoms with Crippen LogP contribution in [0.15, 0.2) is 0 Å². The first-order chi connectivity index (χ1) is 5.24. The molecule has 0 rings (SSSR count). The van der Waals surface area contributed by atoms with Gasteiger partial charge in [-0.05, 0) is 24.6 Å². The number of thioether (sulfide) groups is 1. The zero-order valence-electron chi connectivity index (χ0n) is 7.21. The SMILES string of the molecule is CCC(C#N)SCC(C)CN. The van der Waals surface area contributed by atoms with Gasteiger partial charge in [-0.15, -0.1) is 11.8 Å². The number of hydrogen-bond acceptors (Lipinski definition) is 3. The largest absolute Gasteiger partial charge is 0.330 e. The lowest BCUT2D eigenvalue weighted by Crippen LogP contribution is -2.14. The Balaban J connectivity index is 3.44. The molecular formula is C8H16N2S. The Kier molecular flexibility index (Phi) is 6.39. The Hall–Kier alpha value is -0.200. The zero-order chi connectivity index (χ0) is 8.69. The van der Waals surface area contributed by atoms with Crippen molar-refractivity contribution in [2.24, 2.45) is 11.7 Å². The van der Waals surface area contributed by atoms with Gasteiger partial charge in [0, 0.05) is 0 Å². The van der Waals surface area contributed by atoms with Gasteiger partial charge in [-0.2, -0.15) is 5.26 Å². The molecule has 0 aromatic heterocycles. The Labute approximate surface area is 73.1 Å². The van der Waals surface area contributed by atoms with Crippen molar-refractivity contribution in [2.45, 2.75) is 25.5 Å². The van der Waals surface area contributed by atoms with Crippen molar-refractivity contribution < 1.29 is 0 Å². The third-order valence-electron chi connectivity index (χ3n) is 1.50. The van der Waals surface area contributed by atoms with Gasteiger partial charge in [0.15, 0.2) is 0 Å². The predicted octanol–water partition coefficient (Wildman–Crippen LogP) is 1.62. The highest BCUT2D eigenvalue weighted by Crippen LogP contribution is 2.16. The number of nitriles is 1. The molecule has 0 aliphatic rings. The van der Waals surface area contributed by atoms with E-state index in [0.29, 0.717) is 5.92 Å².